The van der Waals surface area contributed by atoms with E-state index in [0.29, 0.717) is 12.8 Å². The lowest BCUT2D eigenvalue weighted by molar-refractivity contribution is -0.166. The van der Waals surface area contributed by atoms with Gasteiger partial charge in [0.15, 0.2) is 6.10 Å². The third-order valence-corrected chi connectivity index (χ3v) is 8.32. The van der Waals surface area contributed by atoms with Gasteiger partial charge in [-0.15, -0.1) is 0 Å². The molecule has 6 heteroatoms. The molecular formula is C44H74O6. The Labute approximate surface area is 307 Å². The molecule has 0 spiro atoms. The van der Waals surface area contributed by atoms with E-state index in [1.54, 1.807) is 6.08 Å². The van der Waals surface area contributed by atoms with Crippen molar-refractivity contribution in [2.45, 2.75) is 187 Å². The summed E-state index contributed by atoms with van der Waals surface area (Å²) in [5.41, 5.74) is 0. The van der Waals surface area contributed by atoms with Crippen molar-refractivity contribution in [3.63, 3.8) is 0 Å². The van der Waals surface area contributed by atoms with Crippen molar-refractivity contribution in [3.8, 4) is 0 Å². The van der Waals surface area contributed by atoms with Gasteiger partial charge in [-0.3, -0.25) is 14.4 Å². The lowest BCUT2D eigenvalue weighted by Gasteiger charge is -2.18. The molecule has 0 aromatic heterocycles. The molecule has 0 saturated heterocycles. The molecule has 0 radical (unpaired) electrons. The van der Waals surface area contributed by atoms with E-state index < -0.39 is 12.1 Å². The summed E-state index contributed by atoms with van der Waals surface area (Å²) in [6.45, 7) is 6.35. The molecule has 6 nitrogen and oxygen atoms in total. The maximum atomic E-state index is 12.6. The number of hydrogen-bond acceptors (Lipinski definition) is 6. The quantitative estimate of drug-likeness (QED) is 0.0284. The van der Waals surface area contributed by atoms with Gasteiger partial charge in [-0.1, -0.05) is 178 Å². The number of carbonyl (C=O) groups excluding carboxylic acids is 3. The summed E-state index contributed by atoms with van der Waals surface area (Å²) in [6.07, 6.45) is 45.2. The lowest BCUT2D eigenvalue weighted by atomic mass is 10.1. The Bertz CT molecular complexity index is 944. The number of rotatable bonds is 35. The van der Waals surface area contributed by atoms with Gasteiger partial charge < -0.3 is 14.2 Å². The van der Waals surface area contributed by atoms with Gasteiger partial charge in [0.25, 0.3) is 0 Å². The van der Waals surface area contributed by atoms with Crippen LogP contribution in [0.25, 0.3) is 0 Å². The molecule has 0 aromatic carbocycles. The van der Waals surface area contributed by atoms with Crippen LogP contribution in [0.5, 0.6) is 0 Å². The summed E-state index contributed by atoms with van der Waals surface area (Å²) in [5.74, 6) is -1.05. The molecule has 0 aliphatic carbocycles. The van der Waals surface area contributed by atoms with Crippen molar-refractivity contribution in [1.82, 2.24) is 0 Å². The molecule has 0 heterocycles. The van der Waals surface area contributed by atoms with Gasteiger partial charge in [-0.2, -0.15) is 0 Å². The highest BCUT2D eigenvalue weighted by atomic mass is 16.6. The molecule has 0 amide bonds. The monoisotopic (exact) mass is 699 g/mol. The fourth-order valence-corrected chi connectivity index (χ4v) is 5.28. The first-order chi connectivity index (χ1) is 24.5. The molecule has 286 valence electrons. The summed E-state index contributed by atoms with van der Waals surface area (Å²) in [7, 11) is 0. The van der Waals surface area contributed by atoms with Crippen molar-refractivity contribution >= 4 is 17.9 Å². The second-order valence-corrected chi connectivity index (χ2v) is 13.2. The molecule has 0 saturated carbocycles. The van der Waals surface area contributed by atoms with Crippen LogP contribution in [0.1, 0.15) is 181 Å². The van der Waals surface area contributed by atoms with Crippen LogP contribution < -0.4 is 0 Å². The first-order valence-electron chi connectivity index (χ1n) is 20.3. The van der Waals surface area contributed by atoms with Crippen LogP contribution in [-0.2, 0) is 28.6 Å². The zero-order chi connectivity index (χ0) is 36.6. The van der Waals surface area contributed by atoms with Crippen molar-refractivity contribution in [3.05, 3.63) is 60.8 Å². The minimum absolute atomic E-state index is 0.103. The van der Waals surface area contributed by atoms with Gasteiger partial charge in [0, 0.05) is 12.8 Å². The normalized spacial score (nSPS) is 12.6. The van der Waals surface area contributed by atoms with Crippen LogP contribution in [0.3, 0.4) is 0 Å². The summed E-state index contributed by atoms with van der Waals surface area (Å²) < 4.78 is 16.5. The number of carbonyl (C=O) groups is 3. The summed E-state index contributed by atoms with van der Waals surface area (Å²) >= 11 is 0. The van der Waals surface area contributed by atoms with Gasteiger partial charge in [0.2, 0.25) is 0 Å². The lowest BCUT2D eigenvalue weighted by Crippen LogP contribution is -2.30. The summed E-state index contributed by atoms with van der Waals surface area (Å²) in [5, 5.41) is 0. The second kappa shape index (κ2) is 38.9. The molecule has 1 atom stereocenters. The van der Waals surface area contributed by atoms with E-state index in [-0.39, 0.29) is 31.6 Å². The van der Waals surface area contributed by atoms with Gasteiger partial charge >= 0.3 is 17.9 Å². The fraction of sp³-hybridized carbons (Fsp3) is 0.705. The number of allylic oxidation sites excluding steroid dienone is 9. The highest BCUT2D eigenvalue weighted by molar-refractivity contribution is 5.72. The first kappa shape index (κ1) is 47.1. The number of ether oxygens (including phenoxy) is 3. The first-order valence-corrected chi connectivity index (χ1v) is 20.3. The molecule has 0 aliphatic heterocycles. The highest BCUT2D eigenvalue weighted by Gasteiger charge is 2.19. The van der Waals surface area contributed by atoms with Crippen LogP contribution in [0, 0.1) is 0 Å². The number of esters is 3. The smallest absolute Gasteiger partial charge is 0.309 e. The van der Waals surface area contributed by atoms with E-state index >= 15 is 0 Å². The molecule has 50 heavy (non-hydrogen) atoms. The predicted octanol–water partition coefficient (Wildman–Crippen LogP) is 12.6. The Kier molecular flexibility index (Phi) is 36.7. The molecule has 1 unspecified atom stereocenters. The molecule has 0 aromatic rings. The predicted molar refractivity (Wildman–Crippen MR) is 210 cm³/mol. The SMILES string of the molecule is CC/C=C\C/C=C\C/C=C\C/C=C\C/C=C\CC(=O)OCC(COC(=O)CCCCCCCCCC)OC(=O)CCCCCCCCCCC. The van der Waals surface area contributed by atoms with Crippen LogP contribution in [0.15, 0.2) is 60.8 Å². The molecular weight excluding hydrogens is 624 g/mol. The van der Waals surface area contributed by atoms with Gasteiger partial charge in [-0.05, 0) is 44.9 Å². The Morgan fingerprint density at radius 2 is 0.780 bits per heavy atom. The van der Waals surface area contributed by atoms with E-state index in [2.05, 4.69) is 69.4 Å². The van der Waals surface area contributed by atoms with Crippen molar-refractivity contribution in [2.24, 2.45) is 0 Å². The zero-order valence-corrected chi connectivity index (χ0v) is 32.4. The van der Waals surface area contributed by atoms with E-state index in [0.717, 1.165) is 70.6 Å². The molecule has 0 fully saturated rings. The average Bonchev–Trinajstić information content (AvgIpc) is 3.11. The Hall–Kier alpha value is -2.89. The topological polar surface area (TPSA) is 78.9 Å². The Morgan fingerprint density at radius 3 is 1.22 bits per heavy atom. The largest absolute Gasteiger partial charge is 0.462 e. The van der Waals surface area contributed by atoms with Crippen molar-refractivity contribution in [1.29, 1.82) is 0 Å². The molecule has 0 aliphatic rings. The van der Waals surface area contributed by atoms with E-state index in [4.69, 9.17) is 14.2 Å². The summed E-state index contributed by atoms with van der Waals surface area (Å²) in [6, 6.07) is 0. The van der Waals surface area contributed by atoms with Crippen LogP contribution in [0.4, 0.5) is 0 Å². The third-order valence-electron chi connectivity index (χ3n) is 8.32. The molecule has 0 bridgehead atoms. The second-order valence-electron chi connectivity index (χ2n) is 13.2. The van der Waals surface area contributed by atoms with Crippen LogP contribution in [0.2, 0.25) is 0 Å². The molecule has 0 N–H and O–H groups in total. The Morgan fingerprint density at radius 1 is 0.420 bits per heavy atom. The summed E-state index contributed by atoms with van der Waals surface area (Å²) in [4.78, 5) is 37.4. The number of unbranched alkanes of at least 4 members (excludes halogenated alkanes) is 15. The minimum Gasteiger partial charge on any atom is -0.462 e. The zero-order valence-electron chi connectivity index (χ0n) is 32.4. The van der Waals surface area contributed by atoms with Crippen LogP contribution in [-0.4, -0.2) is 37.2 Å². The van der Waals surface area contributed by atoms with E-state index in [1.807, 2.05) is 6.08 Å². The van der Waals surface area contributed by atoms with E-state index in [9.17, 15) is 14.4 Å². The van der Waals surface area contributed by atoms with Gasteiger partial charge in [0.05, 0.1) is 6.42 Å². The van der Waals surface area contributed by atoms with Crippen LogP contribution >= 0.6 is 0 Å². The molecule has 0 rings (SSSR count). The third kappa shape index (κ3) is 36.4. The standard InChI is InChI=1S/C44H74O6/c1-4-7-10-13-16-19-20-21-22-23-24-26-28-31-34-37-43(46)49-40-41(39-48-42(45)36-33-30-27-18-15-12-9-6-3)50-44(47)38-35-32-29-25-17-14-11-8-5-2/h7,10,16,19,21-22,24,26,31,34,41H,4-6,8-9,11-15,17-18,20,23,25,27-30,32-33,35-40H2,1-3H3/b10-7-,19-16-,22-21-,26-24-,34-31-. The maximum Gasteiger partial charge on any atom is 0.309 e. The number of hydrogen-bond donors (Lipinski definition) is 0. The minimum atomic E-state index is -0.805. The Balaban J connectivity index is 4.49. The highest BCUT2D eigenvalue weighted by Crippen LogP contribution is 2.13. The van der Waals surface area contributed by atoms with Crippen molar-refractivity contribution < 1.29 is 28.6 Å². The maximum absolute atomic E-state index is 12.6. The van der Waals surface area contributed by atoms with Gasteiger partial charge in [0.1, 0.15) is 13.2 Å². The van der Waals surface area contributed by atoms with Crippen molar-refractivity contribution in [2.75, 3.05) is 13.2 Å². The average molecular weight is 699 g/mol. The van der Waals surface area contributed by atoms with Gasteiger partial charge in [-0.25, -0.2) is 0 Å². The van der Waals surface area contributed by atoms with E-state index in [1.165, 1.54) is 70.6 Å². The fourth-order valence-electron chi connectivity index (χ4n) is 5.28.